The van der Waals surface area contributed by atoms with Crippen LogP contribution >= 0.6 is 0 Å². The molecule has 4 unspecified atom stereocenters. The molecule has 2 N–H and O–H groups in total. The Kier molecular flexibility index (Phi) is 5.27. The predicted molar refractivity (Wildman–Crippen MR) is 120 cm³/mol. The van der Waals surface area contributed by atoms with Crippen molar-refractivity contribution in [2.75, 3.05) is 0 Å². The number of carbonyl (C=O) groups is 1. The molecule has 0 bridgehead atoms. The monoisotopic (exact) mass is 430 g/mol. The second-order valence-electron chi connectivity index (χ2n) is 12.4. The largest absolute Gasteiger partial charge is 0.393 e. The minimum absolute atomic E-state index is 0.0305. The zero-order valence-corrected chi connectivity index (χ0v) is 19.8. The standard InChI is InChI=1S/C27H42O4/c1-16(15-28)7-12-27(30)17(2)24-23(31-27)14-22-20-6-5-18-13-19(29)8-10-25(18,3)21(20)9-11-26(22,24)4/h5,15-17,19-24,29-30H,6-14H2,1-4H3/t16?,17-,19-,20+,21-,22?,23-,24?,25-,26-,27?/m0/s1. The molecule has 31 heavy (non-hydrogen) atoms. The van der Waals surface area contributed by atoms with Crippen LogP contribution < -0.4 is 0 Å². The van der Waals surface area contributed by atoms with E-state index in [9.17, 15) is 15.0 Å². The molecule has 1 aliphatic heterocycles. The third-order valence-electron chi connectivity index (χ3n) is 11.0. The van der Waals surface area contributed by atoms with Gasteiger partial charge in [0.1, 0.15) is 6.29 Å². The minimum Gasteiger partial charge on any atom is -0.393 e. The van der Waals surface area contributed by atoms with Gasteiger partial charge in [-0.2, -0.15) is 0 Å². The fourth-order valence-corrected chi connectivity index (χ4v) is 9.12. The lowest BCUT2D eigenvalue weighted by Crippen LogP contribution is -2.51. The third-order valence-corrected chi connectivity index (χ3v) is 11.0. The lowest BCUT2D eigenvalue weighted by Gasteiger charge is -2.58. The van der Waals surface area contributed by atoms with E-state index in [-0.39, 0.29) is 34.9 Å². The highest BCUT2D eigenvalue weighted by Gasteiger charge is 2.67. The highest BCUT2D eigenvalue weighted by molar-refractivity contribution is 5.52. The van der Waals surface area contributed by atoms with Crippen LogP contribution in [0.25, 0.3) is 0 Å². The van der Waals surface area contributed by atoms with E-state index in [1.165, 1.54) is 18.4 Å². The number of ether oxygens (including phenoxy) is 1. The van der Waals surface area contributed by atoms with Crippen molar-refractivity contribution in [3.63, 3.8) is 0 Å². The van der Waals surface area contributed by atoms with Gasteiger partial charge in [-0.3, -0.25) is 0 Å². The van der Waals surface area contributed by atoms with Crippen LogP contribution in [0.3, 0.4) is 0 Å². The number of hydrogen-bond donors (Lipinski definition) is 2. The Labute approximate surface area is 187 Å². The normalized spacial score (nSPS) is 54.3. The molecule has 0 radical (unpaired) electrons. The average Bonchev–Trinajstić information content (AvgIpc) is 3.17. The van der Waals surface area contributed by atoms with Gasteiger partial charge in [0.25, 0.3) is 0 Å². The van der Waals surface area contributed by atoms with Crippen LogP contribution in [0, 0.1) is 46.3 Å². The van der Waals surface area contributed by atoms with Gasteiger partial charge in [0.15, 0.2) is 5.79 Å². The summed E-state index contributed by atoms with van der Waals surface area (Å²) in [7, 11) is 0. The van der Waals surface area contributed by atoms with E-state index in [2.05, 4.69) is 26.8 Å². The van der Waals surface area contributed by atoms with E-state index in [0.29, 0.717) is 30.6 Å². The Balaban J connectivity index is 1.38. The fourth-order valence-electron chi connectivity index (χ4n) is 9.12. The average molecular weight is 431 g/mol. The fraction of sp³-hybridized carbons (Fsp3) is 0.889. The lowest BCUT2D eigenvalue weighted by molar-refractivity contribution is -0.220. The van der Waals surface area contributed by atoms with Crippen molar-refractivity contribution >= 4 is 6.29 Å². The molecular weight excluding hydrogens is 388 g/mol. The van der Waals surface area contributed by atoms with Crippen LogP contribution in [0.4, 0.5) is 0 Å². The number of aliphatic hydroxyl groups excluding tert-OH is 1. The zero-order chi connectivity index (χ0) is 22.2. The van der Waals surface area contributed by atoms with Crippen molar-refractivity contribution in [3.05, 3.63) is 11.6 Å². The van der Waals surface area contributed by atoms with Crippen LogP contribution in [0.1, 0.15) is 85.5 Å². The van der Waals surface area contributed by atoms with E-state index in [1.54, 1.807) is 0 Å². The summed E-state index contributed by atoms with van der Waals surface area (Å²) in [5.41, 5.74) is 2.01. The second kappa shape index (κ2) is 7.40. The van der Waals surface area contributed by atoms with Crippen molar-refractivity contribution in [1.29, 1.82) is 0 Å². The van der Waals surface area contributed by atoms with Crippen LogP contribution in [0.15, 0.2) is 11.6 Å². The maximum atomic E-state index is 11.4. The van der Waals surface area contributed by atoms with Gasteiger partial charge in [-0.1, -0.05) is 39.3 Å². The van der Waals surface area contributed by atoms with Gasteiger partial charge >= 0.3 is 0 Å². The number of aliphatic hydroxyl groups is 2. The topological polar surface area (TPSA) is 66.8 Å². The van der Waals surface area contributed by atoms with Crippen LogP contribution in [0.2, 0.25) is 0 Å². The molecule has 4 fully saturated rings. The first-order valence-electron chi connectivity index (χ1n) is 12.9. The summed E-state index contributed by atoms with van der Waals surface area (Å²) in [4.78, 5) is 11.1. The number of fused-ring (bicyclic) bond motifs is 7. The number of carbonyl (C=O) groups excluding carboxylic acids is 1. The highest BCUT2D eigenvalue weighted by atomic mass is 16.6. The summed E-state index contributed by atoms with van der Waals surface area (Å²) in [6.07, 6.45) is 12.4. The van der Waals surface area contributed by atoms with E-state index in [4.69, 9.17) is 4.74 Å². The second-order valence-corrected chi connectivity index (χ2v) is 12.4. The molecule has 0 aromatic rings. The maximum absolute atomic E-state index is 11.4. The molecule has 0 aromatic heterocycles. The van der Waals surface area contributed by atoms with Crippen molar-refractivity contribution < 1.29 is 19.7 Å². The quantitative estimate of drug-likeness (QED) is 0.493. The Morgan fingerprint density at radius 1 is 1.26 bits per heavy atom. The van der Waals surface area contributed by atoms with E-state index in [1.807, 2.05) is 6.92 Å². The van der Waals surface area contributed by atoms with Gasteiger partial charge in [-0.15, -0.1) is 0 Å². The smallest absolute Gasteiger partial charge is 0.168 e. The van der Waals surface area contributed by atoms with Gasteiger partial charge in [-0.05, 0) is 85.9 Å². The number of aldehydes is 1. The summed E-state index contributed by atoms with van der Waals surface area (Å²) >= 11 is 0. The first-order chi connectivity index (χ1) is 14.6. The molecule has 5 rings (SSSR count). The summed E-state index contributed by atoms with van der Waals surface area (Å²) in [5, 5.41) is 21.6. The van der Waals surface area contributed by atoms with Gasteiger partial charge in [0.2, 0.25) is 0 Å². The van der Waals surface area contributed by atoms with Crippen LogP contribution in [-0.2, 0) is 9.53 Å². The summed E-state index contributed by atoms with van der Waals surface area (Å²) < 4.78 is 6.45. The number of allylic oxidation sites excluding steroid dienone is 1. The van der Waals surface area contributed by atoms with Crippen molar-refractivity contribution in [3.8, 4) is 0 Å². The first kappa shape index (κ1) is 22.1. The zero-order valence-electron chi connectivity index (χ0n) is 19.8. The summed E-state index contributed by atoms with van der Waals surface area (Å²) in [6.45, 7) is 9.08. The van der Waals surface area contributed by atoms with Crippen molar-refractivity contribution in [2.24, 2.45) is 46.3 Å². The Hall–Kier alpha value is -0.710. The third kappa shape index (κ3) is 3.14. The predicted octanol–water partition coefficient (Wildman–Crippen LogP) is 4.87. The Bertz CT molecular complexity index is 762. The molecule has 4 heteroatoms. The number of rotatable bonds is 4. The van der Waals surface area contributed by atoms with Gasteiger partial charge in [0, 0.05) is 18.3 Å². The van der Waals surface area contributed by atoms with E-state index in [0.717, 1.165) is 44.3 Å². The van der Waals surface area contributed by atoms with Crippen molar-refractivity contribution in [2.45, 2.75) is 103 Å². The molecule has 174 valence electrons. The molecule has 0 amide bonds. The van der Waals surface area contributed by atoms with E-state index < -0.39 is 5.79 Å². The van der Waals surface area contributed by atoms with Crippen LogP contribution in [0.5, 0.6) is 0 Å². The molecule has 1 heterocycles. The molecule has 0 spiro atoms. The summed E-state index contributed by atoms with van der Waals surface area (Å²) in [6, 6.07) is 0. The molecule has 4 aliphatic carbocycles. The molecule has 4 nitrogen and oxygen atoms in total. The van der Waals surface area contributed by atoms with Crippen molar-refractivity contribution in [1.82, 2.24) is 0 Å². The van der Waals surface area contributed by atoms with Gasteiger partial charge < -0.3 is 19.7 Å². The Morgan fingerprint density at radius 3 is 2.77 bits per heavy atom. The lowest BCUT2D eigenvalue weighted by atomic mass is 9.47. The molecular formula is C27H42O4. The maximum Gasteiger partial charge on any atom is 0.168 e. The van der Waals surface area contributed by atoms with Gasteiger partial charge in [0.05, 0.1) is 12.2 Å². The molecule has 5 aliphatic rings. The molecule has 3 saturated carbocycles. The molecule has 1 saturated heterocycles. The first-order valence-corrected chi connectivity index (χ1v) is 12.9. The van der Waals surface area contributed by atoms with Gasteiger partial charge in [-0.25, -0.2) is 0 Å². The highest BCUT2D eigenvalue weighted by Crippen LogP contribution is 2.70. The van der Waals surface area contributed by atoms with E-state index >= 15 is 0 Å². The van der Waals surface area contributed by atoms with Crippen LogP contribution in [-0.4, -0.2) is 34.5 Å². The molecule has 11 atom stereocenters. The SMILES string of the molecule is CC(C=O)CCC1(O)O[C@H]2CC3[C@@H]4CC=C5C[C@@H](O)CC[C@]5(C)[C@H]4CC[C@]3(C)C2[C@@H]1C. The minimum atomic E-state index is -1.08. The number of hydrogen-bond acceptors (Lipinski definition) is 4. The summed E-state index contributed by atoms with van der Waals surface area (Å²) in [5.74, 6) is 1.48. The molecule has 0 aromatic carbocycles. The Morgan fingerprint density at radius 2 is 2.03 bits per heavy atom.